The van der Waals surface area contributed by atoms with E-state index >= 15 is 0 Å². The van der Waals surface area contributed by atoms with Gasteiger partial charge in [0, 0.05) is 5.92 Å². The van der Waals surface area contributed by atoms with E-state index in [1.807, 2.05) is 0 Å². The molecule has 0 aliphatic rings. The molecule has 0 radical (unpaired) electrons. The van der Waals surface area contributed by atoms with Crippen molar-refractivity contribution >= 4 is 18.2 Å². The van der Waals surface area contributed by atoms with Crippen LogP contribution in [0.25, 0.3) is 0 Å². The van der Waals surface area contributed by atoms with E-state index in [1.165, 1.54) is 25.1 Å². The molecule has 1 atom stereocenters. The molecule has 0 spiro atoms. The van der Waals surface area contributed by atoms with Crippen molar-refractivity contribution in [1.29, 1.82) is 0 Å². The van der Waals surface area contributed by atoms with E-state index in [0.717, 1.165) is 0 Å². The Hall–Kier alpha value is -2.17. The van der Waals surface area contributed by atoms with E-state index in [2.05, 4.69) is 0 Å². The standard InChI is InChI=1S/C11H10O5/c1-6(5-12)7-3-2-4-8(10(13)14)9(7)11(15)16/h2-6H,1H3,(H,13,14)(H,15,16). The summed E-state index contributed by atoms with van der Waals surface area (Å²) in [6, 6.07) is 4.06. The van der Waals surface area contributed by atoms with E-state index in [4.69, 9.17) is 10.2 Å². The molecule has 1 rings (SSSR count). The molecule has 0 aliphatic heterocycles. The van der Waals surface area contributed by atoms with Crippen LogP contribution in [-0.2, 0) is 4.79 Å². The van der Waals surface area contributed by atoms with Gasteiger partial charge in [-0.15, -0.1) is 0 Å². The molecule has 1 aromatic rings. The van der Waals surface area contributed by atoms with Crippen molar-refractivity contribution < 1.29 is 24.6 Å². The number of benzene rings is 1. The van der Waals surface area contributed by atoms with Crippen molar-refractivity contribution in [1.82, 2.24) is 0 Å². The number of aromatic carboxylic acids is 2. The van der Waals surface area contributed by atoms with Gasteiger partial charge >= 0.3 is 11.9 Å². The maximum absolute atomic E-state index is 11.0. The van der Waals surface area contributed by atoms with Gasteiger partial charge in [-0.05, 0) is 11.6 Å². The molecule has 1 aromatic carbocycles. The van der Waals surface area contributed by atoms with Crippen LogP contribution in [0.2, 0.25) is 0 Å². The fourth-order valence-corrected chi connectivity index (χ4v) is 1.44. The minimum atomic E-state index is -1.35. The van der Waals surface area contributed by atoms with Gasteiger partial charge in [0.15, 0.2) is 0 Å². The Balaban J connectivity index is 3.50. The van der Waals surface area contributed by atoms with E-state index in [-0.39, 0.29) is 16.7 Å². The highest BCUT2D eigenvalue weighted by molar-refractivity contribution is 6.03. The number of rotatable bonds is 4. The van der Waals surface area contributed by atoms with Crippen LogP contribution < -0.4 is 0 Å². The average Bonchev–Trinajstić information content (AvgIpc) is 2.26. The highest BCUT2D eigenvalue weighted by atomic mass is 16.4. The third-order valence-electron chi connectivity index (χ3n) is 2.24. The second-order valence-corrected chi connectivity index (χ2v) is 3.30. The number of hydrogen-bond donors (Lipinski definition) is 2. The number of aldehydes is 1. The van der Waals surface area contributed by atoms with Crippen molar-refractivity contribution in [3.63, 3.8) is 0 Å². The van der Waals surface area contributed by atoms with Gasteiger partial charge in [0.1, 0.15) is 6.29 Å². The summed E-state index contributed by atoms with van der Waals surface area (Å²) in [4.78, 5) is 32.4. The summed E-state index contributed by atoms with van der Waals surface area (Å²) in [5, 5.41) is 17.8. The number of carbonyl (C=O) groups excluding carboxylic acids is 1. The lowest BCUT2D eigenvalue weighted by Gasteiger charge is -2.10. The predicted molar refractivity (Wildman–Crippen MR) is 54.8 cm³/mol. The molecular weight excluding hydrogens is 212 g/mol. The molecule has 5 heteroatoms. The summed E-state index contributed by atoms with van der Waals surface area (Å²) >= 11 is 0. The zero-order valence-corrected chi connectivity index (χ0v) is 8.51. The number of carboxylic acids is 2. The van der Waals surface area contributed by atoms with Gasteiger partial charge in [0.25, 0.3) is 0 Å². The molecule has 5 nitrogen and oxygen atoms in total. The largest absolute Gasteiger partial charge is 0.478 e. The molecule has 0 fully saturated rings. The first kappa shape index (κ1) is 11.9. The van der Waals surface area contributed by atoms with Gasteiger partial charge < -0.3 is 15.0 Å². The summed E-state index contributed by atoms with van der Waals surface area (Å²) in [6.45, 7) is 1.51. The quantitative estimate of drug-likeness (QED) is 0.751. The number of hydrogen-bond acceptors (Lipinski definition) is 3. The SMILES string of the molecule is CC(C=O)c1cccc(C(=O)O)c1C(=O)O. The van der Waals surface area contributed by atoms with Crippen LogP contribution in [0.15, 0.2) is 18.2 Å². The van der Waals surface area contributed by atoms with Crippen LogP contribution in [0.3, 0.4) is 0 Å². The Morgan fingerprint density at radius 3 is 2.31 bits per heavy atom. The molecule has 0 amide bonds. The van der Waals surface area contributed by atoms with Crippen molar-refractivity contribution in [2.24, 2.45) is 0 Å². The van der Waals surface area contributed by atoms with Crippen LogP contribution in [0.1, 0.15) is 39.1 Å². The molecule has 2 N–H and O–H groups in total. The molecule has 84 valence electrons. The highest BCUT2D eigenvalue weighted by Crippen LogP contribution is 2.22. The first-order valence-corrected chi connectivity index (χ1v) is 4.53. The Morgan fingerprint density at radius 2 is 1.88 bits per heavy atom. The second-order valence-electron chi connectivity index (χ2n) is 3.30. The van der Waals surface area contributed by atoms with Gasteiger partial charge in [-0.1, -0.05) is 19.1 Å². The molecule has 0 saturated heterocycles. The lowest BCUT2D eigenvalue weighted by molar-refractivity contribution is -0.108. The van der Waals surface area contributed by atoms with Gasteiger partial charge in [-0.25, -0.2) is 9.59 Å². The minimum Gasteiger partial charge on any atom is -0.478 e. The Morgan fingerprint density at radius 1 is 1.25 bits per heavy atom. The number of carbonyl (C=O) groups is 3. The van der Waals surface area contributed by atoms with Gasteiger partial charge in [-0.3, -0.25) is 0 Å². The van der Waals surface area contributed by atoms with Crippen LogP contribution in [0.4, 0.5) is 0 Å². The topological polar surface area (TPSA) is 91.7 Å². The van der Waals surface area contributed by atoms with Gasteiger partial charge in [-0.2, -0.15) is 0 Å². The van der Waals surface area contributed by atoms with Crippen LogP contribution >= 0.6 is 0 Å². The summed E-state index contributed by atoms with van der Waals surface area (Å²) in [5.74, 6) is -3.32. The molecule has 0 aromatic heterocycles. The molecule has 16 heavy (non-hydrogen) atoms. The van der Waals surface area contributed by atoms with Gasteiger partial charge in [0.05, 0.1) is 11.1 Å². The fourth-order valence-electron chi connectivity index (χ4n) is 1.44. The van der Waals surface area contributed by atoms with Crippen LogP contribution in [-0.4, -0.2) is 28.4 Å². The van der Waals surface area contributed by atoms with E-state index in [1.54, 1.807) is 0 Å². The summed E-state index contributed by atoms with van der Waals surface area (Å²) in [7, 11) is 0. The van der Waals surface area contributed by atoms with Crippen LogP contribution in [0.5, 0.6) is 0 Å². The molecular formula is C11H10O5. The third-order valence-corrected chi connectivity index (χ3v) is 2.24. The molecule has 0 heterocycles. The van der Waals surface area contributed by atoms with Crippen molar-refractivity contribution in [2.75, 3.05) is 0 Å². The minimum absolute atomic E-state index is 0.211. The fraction of sp³-hybridized carbons (Fsp3) is 0.182. The summed E-state index contributed by atoms with van der Waals surface area (Å²) in [6.07, 6.45) is 0.577. The predicted octanol–water partition coefficient (Wildman–Crippen LogP) is 1.39. The monoisotopic (exact) mass is 222 g/mol. The molecule has 0 aliphatic carbocycles. The van der Waals surface area contributed by atoms with E-state index in [0.29, 0.717) is 6.29 Å². The Labute approximate surface area is 91.3 Å². The zero-order chi connectivity index (χ0) is 12.3. The van der Waals surface area contributed by atoms with E-state index in [9.17, 15) is 14.4 Å². The zero-order valence-electron chi connectivity index (χ0n) is 8.51. The van der Waals surface area contributed by atoms with Crippen molar-refractivity contribution in [3.8, 4) is 0 Å². The van der Waals surface area contributed by atoms with Gasteiger partial charge in [0.2, 0.25) is 0 Å². The molecule has 0 saturated carbocycles. The first-order valence-electron chi connectivity index (χ1n) is 4.53. The first-order chi connectivity index (χ1) is 7.49. The van der Waals surface area contributed by atoms with Crippen molar-refractivity contribution in [2.45, 2.75) is 12.8 Å². The second kappa shape index (κ2) is 4.57. The Kier molecular flexibility index (Phi) is 3.40. The Bertz CT molecular complexity index is 450. The smallest absolute Gasteiger partial charge is 0.336 e. The van der Waals surface area contributed by atoms with Crippen LogP contribution in [0, 0.1) is 0 Å². The lowest BCUT2D eigenvalue weighted by Crippen LogP contribution is -2.13. The number of carboxylic acid groups (broad SMARTS) is 2. The average molecular weight is 222 g/mol. The normalized spacial score (nSPS) is 11.8. The summed E-state index contributed by atoms with van der Waals surface area (Å²) in [5.41, 5.74) is -0.421. The third kappa shape index (κ3) is 2.08. The molecule has 1 unspecified atom stereocenters. The summed E-state index contributed by atoms with van der Waals surface area (Å²) < 4.78 is 0. The maximum Gasteiger partial charge on any atom is 0.336 e. The molecule has 0 bridgehead atoms. The highest BCUT2D eigenvalue weighted by Gasteiger charge is 2.22. The maximum atomic E-state index is 11.0. The van der Waals surface area contributed by atoms with E-state index < -0.39 is 17.9 Å². The van der Waals surface area contributed by atoms with Crippen molar-refractivity contribution in [3.05, 3.63) is 34.9 Å². The lowest BCUT2D eigenvalue weighted by atomic mass is 9.93.